The molecule has 1 aromatic rings. The van der Waals surface area contributed by atoms with Crippen LogP contribution < -0.4 is 5.48 Å². The second kappa shape index (κ2) is 11.2. The van der Waals surface area contributed by atoms with Crippen LogP contribution in [-0.2, 0) is 21.0 Å². The third kappa shape index (κ3) is 7.02. The van der Waals surface area contributed by atoms with Gasteiger partial charge >= 0.3 is 5.97 Å². The van der Waals surface area contributed by atoms with Gasteiger partial charge in [0.1, 0.15) is 0 Å². The molecule has 0 bridgehead atoms. The summed E-state index contributed by atoms with van der Waals surface area (Å²) in [7, 11) is 1.44. The number of carbonyl (C=O) groups excluding carboxylic acids is 1. The zero-order valence-corrected chi connectivity index (χ0v) is 15.6. The van der Waals surface area contributed by atoms with Crippen molar-refractivity contribution in [1.29, 1.82) is 0 Å². The standard InChI is InChI=1S/C20H33NO3/c1-5-6-7-8-12-15-18(20(2,3)19(22)23-4)21-24-16-17-13-10-9-11-14-17/h9-11,13-14,18,21H,5-8,12,15-16H2,1-4H3. The van der Waals surface area contributed by atoms with E-state index in [2.05, 4.69) is 12.4 Å². The normalized spacial score (nSPS) is 12.8. The highest BCUT2D eigenvalue weighted by Crippen LogP contribution is 2.27. The topological polar surface area (TPSA) is 47.6 Å². The first-order valence-corrected chi connectivity index (χ1v) is 9.02. The van der Waals surface area contributed by atoms with Crippen molar-refractivity contribution < 1.29 is 14.4 Å². The van der Waals surface area contributed by atoms with E-state index in [1.807, 2.05) is 44.2 Å². The number of hydrogen-bond acceptors (Lipinski definition) is 4. The summed E-state index contributed by atoms with van der Waals surface area (Å²) in [6, 6.07) is 9.93. The number of carbonyl (C=O) groups is 1. The Balaban J connectivity index is 2.54. The lowest BCUT2D eigenvalue weighted by molar-refractivity contribution is -0.156. The summed E-state index contributed by atoms with van der Waals surface area (Å²) in [6.45, 7) is 6.51. The summed E-state index contributed by atoms with van der Waals surface area (Å²) in [4.78, 5) is 17.8. The highest BCUT2D eigenvalue weighted by Gasteiger charge is 2.37. The molecule has 136 valence electrons. The molecule has 0 radical (unpaired) electrons. The van der Waals surface area contributed by atoms with Crippen LogP contribution in [0.15, 0.2) is 30.3 Å². The summed E-state index contributed by atoms with van der Waals surface area (Å²) in [6.07, 6.45) is 6.89. The van der Waals surface area contributed by atoms with Gasteiger partial charge in [0.15, 0.2) is 0 Å². The number of benzene rings is 1. The van der Waals surface area contributed by atoms with E-state index in [-0.39, 0.29) is 12.0 Å². The van der Waals surface area contributed by atoms with Crippen molar-refractivity contribution in [3.63, 3.8) is 0 Å². The predicted octanol–water partition coefficient (Wildman–Crippen LogP) is 4.64. The largest absolute Gasteiger partial charge is 0.469 e. The van der Waals surface area contributed by atoms with Gasteiger partial charge in [-0.3, -0.25) is 9.63 Å². The zero-order chi connectivity index (χ0) is 17.8. The Bertz CT molecular complexity index is 459. The Labute approximate surface area is 146 Å². The predicted molar refractivity (Wildman–Crippen MR) is 97.3 cm³/mol. The van der Waals surface area contributed by atoms with Crippen molar-refractivity contribution in [2.24, 2.45) is 5.41 Å². The molecule has 1 unspecified atom stereocenters. The average Bonchev–Trinajstić information content (AvgIpc) is 2.60. The summed E-state index contributed by atoms with van der Waals surface area (Å²) in [5.41, 5.74) is 3.58. The Kier molecular flexibility index (Phi) is 9.65. The molecule has 1 rings (SSSR count). The fourth-order valence-electron chi connectivity index (χ4n) is 2.72. The third-order valence-electron chi connectivity index (χ3n) is 4.49. The highest BCUT2D eigenvalue weighted by molar-refractivity contribution is 5.76. The molecule has 0 aromatic heterocycles. The molecule has 1 atom stereocenters. The molecular formula is C20H33NO3. The number of esters is 1. The number of methoxy groups -OCH3 is 1. The van der Waals surface area contributed by atoms with E-state index >= 15 is 0 Å². The lowest BCUT2D eigenvalue weighted by atomic mass is 9.82. The van der Waals surface area contributed by atoms with Gasteiger partial charge in [-0.2, -0.15) is 5.48 Å². The van der Waals surface area contributed by atoms with E-state index in [9.17, 15) is 4.79 Å². The number of nitrogens with one attached hydrogen (secondary N) is 1. The molecule has 4 heteroatoms. The van der Waals surface area contributed by atoms with Crippen molar-refractivity contribution in [3.8, 4) is 0 Å². The summed E-state index contributed by atoms with van der Waals surface area (Å²) in [5, 5.41) is 0. The van der Waals surface area contributed by atoms with Crippen molar-refractivity contribution in [3.05, 3.63) is 35.9 Å². The Hall–Kier alpha value is -1.39. The Morgan fingerprint density at radius 3 is 2.42 bits per heavy atom. The van der Waals surface area contributed by atoms with Crippen LogP contribution >= 0.6 is 0 Å². The molecule has 0 heterocycles. The number of hydroxylamine groups is 1. The first-order chi connectivity index (χ1) is 11.5. The Morgan fingerprint density at radius 1 is 1.12 bits per heavy atom. The number of rotatable bonds is 12. The minimum Gasteiger partial charge on any atom is -0.469 e. The summed E-state index contributed by atoms with van der Waals surface area (Å²) < 4.78 is 4.97. The molecule has 0 spiro atoms. The molecule has 4 nitrogen and oxygen atoms in total. The number of ether oxygens (including phenoxy) is 1. The van der Waals surface area contributed by atoms with E-state index in [1.54, 1.807) is 0 Å². The second-order valence-corrected chi connectivity index (χ2v) is 6.86. The van der Waals surface area contributed by atoms with Crippen LogP contribution in [0, 0.1) is 5.41 Å². The SMILES string of the molecule is CCCCCCCC(NOCc1ccccc1)C(C)(C)C(=O)OC. The fourth-order valence-corrected chi connectivity index (χ4v) is 2.72. The Morgan fingerprint density at radius 2 is 1.79 bits per heavy atom. The second-order valence-electron chi connectivity index (χ2n) is 6.86. The molecular weight excluding hydrogens is 302 g/mol. The molecule has 0 aliphatic rings. The molecule has 0 amide bonds. The molecule has 0 fully saturated rings. The summed E-state index contributed by atoms with van der Waals surface area (Å²) >= 11 is 0. The van der Waals surface area contributed by atoms with Crippen LogP contribution in [0.25, 0.3) is 0 Å². The minimum atomic E-state index is -0.629. The van der Waals surface area contributed by atoms with Gasteiger partial charge in [0.2, 0.25) is 0 Å². The van der Waals surface area contributed by atoms with Gasteiger partial charge in [-0.05, 0) is 25.8 Å². The van der Waals surface area contributed by atoms with Gasteiger partial charge in [-0.25, -0.2) is 0 Å². The average molecular weight is 335 g/mol. The van der Waals surface area contributed by atoms with Crippen molar-refractivity contribution in [2.45, 2.75) is 71.9 Å². The van der Waals surface area contributed by atoms with Crippen LogP contribution in [0.1, 0.15) is 64.9 Å². The maximum atomic E-state index is 12.1. The van der Waals surface area contributed by atoms with E-state index in [4.69, 9.17) is 9.57 Å². The smallest absolute Gasteiger partial charge is 0.312 e. The highest BCUT2D eigenvalue weighted by atomic mass is 16.6. The lowest BCUT2D eigenvalue weighted by Crippen LogP contribution is -2.47. The lowest BCUT2D eigenvalue weighted by Gasteiger charge is -2.32. The molecule has 0 saturated heterocycles. The van der Waals surface area contributed by atoms with Crippen LogP contribution in [-0.4, -0.2) is 19.1 Å². The first-order valence-electron chi connectivity index (χ1n) is 9.02. The van der Waals surface area contributed by atoms with Gasteiger partial charge in [-0.15, -0.1) is 0 Å². The zero-order valence-electron chi connectivity index (χ0n) is 15.6. The summed E-state index contributed by atoms with van der Waals surface area (Å²) in [5.74, 6) is -0.211. The molecule has 0 aliphatic heterocycles. The maximum Gasteiger partial charge on any atom is 0.312 e. The van der Waals surface area contributed by atoms with Crippen LogP contribution in [0.4, 0.5) is 0 Å². The van der Waals surface area contributed by atoms with Gasteiger partial charge in [0.05, 0.1) is 19.1 Å². The van der Waals surface area contributed by atoms with E-state index in [1.165, 1.54) is 32.8 Å². The van der Waals surface area contributed by atoms with Crippen molar-refractivity contribution in [1.82, 2.24) is 5.48 Å². The van der Waals surface area contributed by atoms with Gasteiger partial charge in [0.25, 0.3) is 0 Å². The molecule has 0 saturated carbocycles. The first kappa shape index (κ1) is 20.7. The van der Waals surface area contributed by atoms with Crippen LogP contribution in [0.3, 0.4) is 0 Å². The van der Waals surface area contributed by atoms with Gasteiger partial charge < -0.3 is 4.74 Å². The van der Waals surface area contributed by atoms with E-state index < -0.39 is 5.41 Å². The van der Waals surface area contributed by atoms with Crippen LogP contribution in [0.2, 0.25) is 0 Å². The monoisotopic (exact) mass is 335 g/mol. The van der Waals surface area contributed by atoms with Crippen molar-refractivity contribution >= 4 is 5.97 Å². The number of unbranched alkanes of at least 4 members (excludes halogenated alkanes) is 4. The quantitative estimate of drug-likeness (QED) is 0.343. The van der Waals surface area contributed by atoms with E-state index in [0.717, 1.165) is 18.4 Å². The minimum absolute atomic E-state index is 0.0738. The van der Waals surface area contributed by atoms with Crippen LogP contribution in [0.5, 0.6) is 0 Å². The molecule has 1 aromatic carbocycles. The molecule has 24 heavy (non-hydrogen) atoms. The van der Waals surface area contributed by atoms with Gasteiger partial charge in [-0.1, -0.05) is 69.4 Å². The van der Waals surface area contributed by atoms with Gasteiger partial charge in [0, 0.05) is 6.04 Å². The fraction of sp³-hybridized carbons (Fsp3) is 0.650. The molecule has 0 aliphatic carbocycles. The van der Waals surface area contributed by atoms with E-state index in [0.29, 0.717) is 6.61 Å². The van der Waals surface area contributed by atoms with Crippen molar-refractivity contribution in [2.75, 3.05) is 7.11 Å². The third-order valence-corrected chi connectivity index (χ3v) is 4.49. The molecule has 1 N–H and O–H groups in total. The number of hydrogen-bond donors (Lipinski definition) is 1. The maximum absolute atomic E-state index is 12.1.